The Hall–Kier alpha value is -1.55. The van der Waals surface area contributed by atoms with Crippen LogP contribution in [-0.4, -0.2) is 11.7 Å². The van der Waals surface area contributed by atoms with Crippen LogP contribution >= 0.6 is 0 Å². The number of nitrogens with one attached hydrogen (secondary N) is 2. The predicted molar refractivity (Wildman–Crippen MR) is 80.1 cm³/mol. The van der Waals surface area contributed by atoms with Crippen LogP contribution in [0.1, 0.15) is 40.0 Å². The maximum absolute atomic E-state index is 12.3. The number of rotatable bonds is 1. The number of para-hydroxylation sites is 1. The van der Waals surface area contributed by atoms with Crippen molar-refractivity contribution in [1.82, 2.24) is 10.7 Å². The lowest BCUT2D eigenvalue weighted by atomic mass is 9.68. The Morgan fingerprint density at radius 1 is 1.20 bits per heavy atom. The van der Waals surface area contributed by atoms with Crippen molar-refractivity contribution in [1.29, 1.82) is 0 Å². The van der Waals surface area contributed by atoms with Crippen LogP contribution in [0.15, 0.2) is 30.3 Å². The van der Waals surface area contributed by atoms with Gasteiger partial charge in [-0.1, -0.05) is 39.0 Å². The van der Waals surface area contributed by atoms with Crippen molar-refractivity contribution in [3.63, 3.8) is 0 Å². The van der Waals surface area contributed by atoms with E-state index in [1.165, 1.54) is 6.42 Å². The Kier molecular flexibility index (Phi) is 3.01. The van der Waals surface area contributed by atoms with Gasteiger partial charge in [-0.15, -0.1) is 0 Å². The van der Waals surface area contributed by atoms with Crippen LogP contribution < -0.4 is 15.8 Å². The summed E-state index contributed by atoms with van der Waals surface area (Å²) in [4.78, 5) is 12.3. The van der Waals surface area contributed by atoms with Gasteiger partial charge in [0.15, 0.2) is 0 Å². The highest BCUT2D eigenvalue weighted by atomic mass is 16.2. The third kappa shape index (κ3) is 2.40. The first-order chi connectivity index (χ1) is 9.39. The Morgan fingerprint density at radius 3 is 2.55 bits per heavy atom. The number of nitrogens with zero attached hydrogens (tertiary/aromatic N) is 1. The largest absolute Gasteiger partial charge is 0.338 e. The molecule has 4 nitrogen and oxygen atoms in total. The van der Waals surface area contributed by atoms with Crippen LogP contribution in [-0.2, 0) is 0 Å². The quantitative estimate of drug-likeness (QED) is 0.825. The van der Waals surface area contributed by atoms with Crippen molar-refractivity contribution in [3.8, 4) is 0 Å². The average molecular weight is 273 g/mol. The number of hydrazine groups is 1. The monoisotopic (exact) mass is 273 g/mol. The molecule has 0 unspecified atom stereocenters. The molecule has 1 aromatic carbocycles. The predicted octanol–water partition coefficient (Wildman–Crippen LogP) is 3.26. The summed E-state index contributed by atoms with van der Waals surface area (Å²) < 4.78 is 0. The lowest BCUT2D eigenvalue weighted by Gasteiger charge is -2.45. The van der Waals surface area contributed by atoms with Crippen molar-refractivity contribution in [2.75, 3.05) is 5.01 Å². The second-order valence-electron chi connectivity index (χ2n) is 7.15. The zero-order valence-corrected chi connectivity index (χ0v) is 12.4. The van der Waals surface area contributed by atoms with E-state index >= 15 is 0 Å². The van der Waals surface area contributed by atoms with E-state index in [9.17, 15) is 4.79 Å². The molecule has 1 heterocycles. The molecule has 2 N–H and O–H groups in total. The highest BCUT2D eigenvalue weighted by molar-refractivity contribution is 5.93. The summed E-state index contributed by atoms with van der Waals surface area (Å²) in [5.41, 5.74) is 4.26. The van der Waals surface area contributed by atoms with Crippen molar-refractivity contribution in [2.45, 2.75) is 45.7 Å². The maximum Gasteiger partial charge on any atom is 0.338 e. The smallest absolute Gasteiger partial charge is 0.317 e. The topological polar surface area (TPSA) is 44.4 Å². The van der Waals surface area contributed by atoms with Gasteiger partial charge in [-0.3, -0.25) is 0 Å². The Balaban J connectivity index is 1.86. The van der Waals surface area contributed by atoms with Crippen LogP contribution in [0.25, 0.3) is 0 Å². The van der Waals surface area contributed by atoms with E-state index in [4.69, 9.17) is 0 Å². The summed E-state index contributed by atoms with van der Waals surface area (Å²) in [6.07, 6.45) is 3.14. The SMILES string of the molecule is C[C@H]1CC(C)(C)C[C@@]2(C1)NC(=O)N(c1ccccc1)N2. The summed E-state index contributed by atoms with van der Waals surface area (Å²) in [7, 11) is 0. The number of hydrogen-bond donors (Lipinski definition) is 2. The first-order valence-corrected chi connectivity index (χ1v) is 7.34. The minimum Gasteiger partial charge on any atom is -0.317 e. The standard InChI is InChI=1S/C16H23N3O/c1-12-9-15(2,3)11-16(10-12)17-14(20)19(18-16)13-7-5-4-6-8-13/h4-8,12,18H,9-11H2,1-3H3,(H,17,20)/t12-,16-/m0/s1. The molecule has 0 aromatic heterocycles. The molecule has 108 valence electrons. The van der Waals surface area contributed by atoms with Crippen molar-refractivity contribution >= 4 is 11.7 Å². The van der Waals surface area contributed by atoms with Crippen LogP contribution in [0.4, 0.5) is 10.5 Å². The first-order valence-electron chi connectivity index (χ1n) is 7.34. The number of carbonyl (C=O) groups excluding carboxylic acids is 1. The van der Waals surface area contributed by atoms with E-state index in [0.717, 1.165) is 18.5 Å². The molecule has 1 saturated heterocycles. The Bertz CT molecular complexity index is 514. The fraction of sp³-hybridized carbons (Fsp3) is 0.562. The summed E-state index contributed by atoms with van der Waals surface area (Å²) >= 11 is 0. The van der Waals surface area contributed by atoms with E-state index in [2.05, 4.69) is 31.5 Å². The molecule has 1 aliphatic heterocycles. The minimum atomic E-state index is -0.298. The molecule has 2 aliphatic rings. The third-order valence-electron chi connectivity index (χ3n) is 4.27. The van der Waals surface area contributed by atoms with Gasteiger partial charge in [-0.25, -0.2) is 15.2 Å². The fourth-order valence-corrected chi connectivity index (χ4v) is 4.06. The lowest BCUT2D eigenvalue weighted by molar-refractivity contribution is 0.0812. The average Bonchev–Trinajstić information content (AvgIpc) is 2.63. The number of amides is 2. The summed E-state index contributed by atoms with van der Waals surface area (Å²) in [6, 6.07) is 9.69. The van der Waals surface area contributed by atoms with E-state index in [-0.39, 0.29) is 17.1 Å². The molecule has 1 spiro atoms. The highest BCUT2D eigenvalue weighted by Crippen LogP contribution is 2.44. The first kappa shape index (κ1) is 13.4. The summed E-state index contributed by atoms with van der Waals surface area (Å²) in [5.74, 6) is 0.599. The molecular weight excluding hydrogens is 250 g/mol. The van der Waals surface area contributed by atoms with E-state index < -0.39 is 0 Å². The molecule has 1 aromatic rings. The van der Waals surface area contributed by atoms with Gasteiger partial charge >= 0.3 is 6.03 Å². The molecule has 2 atom stereocenters. The van der Waals surface area contributed by atoms with E-state index in [1.54, 1.807) is 5.01 Å². The number of benzene rings is 1. The van der Waals surface area contributed by atoms with Crippen LogP contribution in [0, 0.1) is 11.3 Å². The number of hydrogen-bond acceptors (Lipinski definition) is 2. The second-order valence-corrected chi connectivity index (χ2v) is 7.15. The summed E-state index contributed by atoms with van der Waals surface area (Å²) in [5, 5.41) is 4.83. The third-order valence-corrected chi connectivity index (χ3v) is 4.27. The molecule has 1 saturated carbocycles. The van der Waals surface area contributed by atoms with Gasteiger partial charge in [0.1, 0.15) is 5.66 Å². The molecule has 4 heteroatoms. The van der Waals surface area contributed by atoms with Gasteiger partial charge in [0.05, 0.1) is 5.69 Å². The van der Waals surface area contributed by atoms with Crippen LogP contribution in [0.2, 0.25) is 0 Å². The molecular formula is C16H23N3O. The van der Waals surface area contributed by atoms with Crippen molar-refractivity contribution in [2.24, 2.45) is 11.3 Å². The van der Waals surface area contributed by atoms with Gasteiger partial charge in [0.25, 0.3) is 0 Å². The number of anilines is 1. The Morgan fingerprint density at radius 2 is 1.90 bits per heavy atom. The normalized spacial score (nSPS) is 32.5. The second kappa shape index (κ2) is 4.48. The molecule has 20 heavy (non-hydrogen) atoms. The zero-order chi connectivity index (χ0) is 14.4. The van der Waals surface area contributed by atoms with Gasteiger partial charge in [0, 0.05) is 0 Å². The molecule has 0 bridgehead atoms. The maximum atomic E-state index is 12.3. The lowest BCUT2D eigenvalue weighted by Crippen LogP contribution is -2.57. The van der Waals surface area contributed by atoms with Crippen LogP contribution in [0.5, 0.6) is 0 Å². The van der Waals surface area contributed by atoms with E-state index in [0.29, 0.717) is 5.92 Å². The van der Waals surface area contributed by atoms with E-state index in [1.807, 2.05) is 30.3 Å². The number of carbonyl (C=O) groups is 1. The molecule has 2 amide bonds. The minimum absolute atomic E-state index is 0.0545. The van der Waals surface area contributed by atoms with Gasteiger partial charge in [0.2, 0.25) is 0 Å². The van der Waals surface area contributed by atoms with Gasteiger partial charge in [-0.05, 0) is 42.7 Å². The fourth-order valence-electron chi connectivity index (χ4n) is 4.06. The Labute approximate surface area is 120 Å². The molecule has 0 radical (unpaired) electrons. The van der Waals surface area contributed by atoms with Crippen molar-refractivity contribution in [3.05, 3.63) is 30.3 Å². The zero-order valence-electron chi connectivity index (χ0n) is 12.4. The van der Waals surface area contributed by atoms with Gasteiger partial charge < -0.3 is 5.32 Å². The molecule has 2 fully saturated rings. The molecule has 1 aliphatic carbocycles. The number of urea groups is 1. The molecule has 3 rings (SSSR count). The van der Waals surface area contributed by atoms with Crippen molar-refractivity contribution < 1.29 is 4.79 Å². The summed E-state index contributed by atoms with van der Waals surface area (Å²) in [6.45, 7) is 6.83. The van der Waals surface area contributed by atoms with Gasteiger partial charge in [-0.2, -0.15) is 0 Å². The highest BCUT2D eigenvalue weighted by Gasteiger charge is 2.49. The van der Waals surface area contributed by atoms with Crippen LogP contribution in [0.3, 0.4) is 0 Å².